The Morgan fingerprint density at radius 2 is 1.05 bits per heavy atom. The van der Waals surface area contributed by atoms with Gasteiger partial charge in [0, 0.05) is 12.8 Å². The monoisotopic (exact) mass is 310 g/mol. The van der Waals surface area contributed by atoms with Crippen molar-refractivity contribution < 1.29 is 18.4 Å². The summed E-state index contributed by atoms with van der Waals surface area (Å²) in [6.07, 6.45) is 13.2. The van der Waals surface area contributed by atoms with E-state index < -0.39 is 0 Å². The van der Waals surface area contributed by atoms with Crippen LogP contribution in [0, 0.1) is 0 Å². The Morgan fingerprint density at radius 1 is 0.682 bits per heavy atom. The molecule has 0 spiro atoms. The third kappa shape index (κ3) is 6.11. The molecule has 122 valence electrons. The van der Waals surface area contributed by atoms with Crippen molar-refractivity contribution in [3.8, 4) is 0 Å². The Kier molecular flexibility index (Phi) is 6.66. The topological polar surface area (TPSA) is 112 Å². The van der Waals surface area contributed by atoms with Gasteiger partial charge in [0.1, 0.15) is 0 Å². The minimum Gasteiger partial charge on any atom is -0.362 e. The van der Waals surface area contributed by atoms with Crippen molar-refractivity contribution in [3.05, 3.63) is 12.4 Å². The highest BCUT2D eigenvalue weighted by atomic mass is 16.5. The molecule has 0 fully saturated rings. The Bertz CT molecular complexity index is 491. The van der Waals surface area contributed by atoms with E-state index in [0.29, 0.717) is 11.8 Å². The number of hydrogen-bond donors (Lipinski definition) is 2. The summed E-state index contributed by atoms with van der Waals surface area (Å²) in [6, 6.07) is 0. The predicted octanol–water partition coefficient (Wildman–Crippen LogP) is 1.22. The van der Waals surface area contributed by atoms with Gasteiger partial charge in [0.05, 0.1) is 0 Å². The fourth-order valence-electron chi connectivity index (χ4n) is 2.41. The number of rotatable bonds is 11. The van der Waals surface area contributed by atoms with E-state index in [4.69, 9.17) is 20.5 Å². The standard InChI is InChI=1S/C14H26N6O2/c15-13-11-19(17-21-13)9-7-5-3-1-2-4-6-8-10-20-12-14(16)22-18-20/h11-12H,1-10,15-16H2/q+2. The van der Waals surface area contributed by atoms with Crippen molar-refractivity contribution in [2.45, 2.75) is 64.5 Å². The van der Waals surface area contributed by atoms with E-state index in [2.05, 4.69) is 10.5 Å². The van der Waals surface area contributed by atoms with Crippen LogP contribution in [0.25, 0.3) is 0 Å². The number of nitrogens with two attached hydrogens (primary N) is 2. The van der Waals surface area contributed by atoms with Crippen LogP contribution in [-0.2, 0) is 13.1 Å². The van der Waals surface area contributed by atoms with E-state index in [0.717, 1.165) is 25.9 Å². The van der Waals surface area contributed by atoms with Crippen LogP contribution in [0.4, 0.5) is 11.8 Å². The first-order valence-electron chi connectivity index (χ1n) is 7.98. The van der Waals surface area contributed by atoms with Gasteiger partial charge in [-0.25, -0.2) is 0 Å². The lowest BCUT2D eigenvalue weighted by Gasteiger charge is -1.99. The maximum Gasteiger partial charge on any atom is 0.293 e. The number of aryl methyl sites for hydroxylation is 2. The van der Waals surface area contributed by atoms with E-state index in [9.17, 15) is 0 Å². The minimum atomic E-state index is 0.367. The molecule has 0 aliphatic rings. The molecule has 0 aromatic carbocycles. The summed E-state index contributed by atoms with van der Waals surface area (Å²) in [5, 5.41) is 7.61. The highest BCUT2D eigenvalue weighted by Crippen LogP contribution is 2.08. The molecule has 0 atom stereocenters. The van der Waals surface area contributed by atoms with Gasteiger partial charge in [0.25, 0.3) is 24.2 Å². The second-order valence-electron chi connectivity index (χ2n) is 5.56. The first-order chi connectivity index (χ1) is 10.7. The quantitative estimate of drug-likeness (QED) is 0.477. The Labute approximate surface area is 130 Å². The molecule has 2 aromatic rings. The van der Waals surface area contributed by atoms with Crippen molar-refractivity contribution in [2.75, 3.05) is 11.5 Å². The van der Waals surface area contributed by atoms with E-state index in [1.54, 1.807) is 21.8 Å². The van der Waals surface area contributed by atoms with Crippen molar-refractivity contribution in [2.24, 2.45) is 0 Å². The Morgan fingerprint density at radius 3 is 1.36 bits per heavy atom. The van der Waals surface area contributed by atoms with E-state index >= 15 is 0 Å². The van der Waals surface area contributed by atoms with Gasteiger partial charge in [-0.2, -0.15) is 0 Å². The van der Waals surface area contributed by atoms with E-state index in [1.807, 2.05) is 0 Å². The number of aromatic nitrogens is 4. The molecule has 0 aliphatic heterocycles. The van der Waals surface area contributed by atoms with Gasteiger partial charge in [-0.3, -0.25) is 9.05 Å². The van der Waals surface area contributed by atoms with Gasteiger partial charge >= 0.3 is 0 Å². The van der Waals surface area contributed by atoms with Crippen LogP contribution < -0.4 is 20.8 Å². The van der Waals surface area contributed by atoms with Crippen LogP contribution in [0.15, 0.2) is 21.4 Å². The predicted molar refractivity (Wildman–Crippen MR) is 79.2 cm³/mol. The van der Waals surface area contributed by atoms with Gasteiger partial charge in [-0.15, -0.1) is 0 Å². The van der Waals surface area contributed by atoms with E-state index in [-0.39, 0.29) is 0 Å². The summed E-state index contributed by atoms with van der Waals surface area (Å²) in [5.41, 5.74) is 10.9. The van der Waals surface area contributed by atoms with Crippen LogP contribution in [0.5, 0.6) is 0 Å². The average Bonchev–Trinajstić information content (AvgIpc) is 3.09. The molecule has 0 saturated carbocycles. The maximum atomic E-state index is 5.46. The summed E-state index contributed by atoms with van der Waals surface area (Å²) in [4.78, 5) is 0. The van der Waals surface area contributed by atoms with Gasteiger partial charge in [0.15, 0.2) is 13.1 Å². The van der Waals surface area contributed by atoms with Gasteiger partial charge in [0.2, 0.25) is 10.5 Å². The number of nitrogen functional groups attached to an aromatic ring is 2. The third-order valence-corrected chi connectivity index (χ3v) is 3.58. The van der Waals surface area contributed by atoms with Crippen LogP contribution in [-0.4, -0.2) is 10.5 Å². The van der Waals surface area contributed by atoms with Crippen LogP contribution in [0.2, 0.25) is 0 Å². The molecule has 4 N–H and O–H groups in total. The summed E-state index contributed by atoms with van der Waals surface area (Å²) >= 11 is 0. The number of hydrogen-bond acceptors (Lipinski definition) is 6. The summed E-state index contributed by atoms with van der Waals surface area (Å²) in [5.74, 6) is 0.734. The summed E-state index contributed by atoms with van der Waals surface area (Å²) < 4.78 is 13.1. The molecule has 8 heteroatoms. The molecule has 2 rings (SSSR count). The summed E-state index contributed by atoms with van der Waals surface area (Å²) in [6.45, 7) is 1.75. The van der Waals surface area contributed by atoms with Crippen molar-refractivity contribution in [1.82, 2.24) is 10.5 Å². The maximum absolute atomic E-state index is 5.46. The summed E-state index contributed by atoms with van der Waals surface area (Å²) in [7, 11) is 0. The normalized spacial score (nSPS) is 11.1. The molecule has 22 heavy (non-hydrogen) atoms. The number of nitrogens with zero attached hydrogens (tertiary/aromatic N) is 4. The molecular weight excluding hydrogens is 284 g/mol. The van der Waals surface area contributed by atoms with Crippen molar-refractivity contribution in [1.29, 1.82) is 0 Å². The molecule has 0 amide bonds. The first-order valence-corrected chi connectivity index (χ1v) is 7.98. The highest BCUT2D eigenvalue weighted by Gasteiger charge is 2.08. The lowest BCUT2D eigenvalue weighted by atomic mass is 10.1. The van der Waals surface area contributed by atoms with Gasteiger partial charge in [-0.05, 0) is 12.8 Å². The molecule has 0 unspecified atom stereocenters. The molecular formula is C14H26N6O2+2. The van der Waals surface area contributed by atoms with Crippen LogP contribution in [0.1, 0.15) is 51.4 Å². The SMILES string of the molecule is Nc1c[n+](CCCCCCCCCC[n+]2cc(N)on2)no1. The fraction of sp³-hybridized carbons (Fsp3) is 0.714. The molecule has 0 aliphatic carbocycles. The molecule has 0 radical (unpaired) electrons. The number of anilines is 2. The zero-order valence-corrected chi connectivity index (χ0v) is 13.0. The van der Waals surface area contributed by atoms with Gasteiger partial charge < -0.3 is 11.5 Å². The molecule has 0 bridgehead atoms. The fourth-order valence-corrected chi connectivity index (χ4v) is 2.41. The van der Waals surface area contributed by atoms with Crippen LogP contribution >= 0.6 is 0 Å². The molecule has 2 heterocycles. The average molecular weight is 310 g/mol. The van der Waals surface area contributed by atoms with Crippen molar-refractivity contribution >= 4 is 11.8 Å². The van der Waals surface area contributed by atoms with Gasteiger partial charge in [-0.1, -0.05) is 35.0 Å². The molecule has 8 nitrogen and oxygen atoms in total. The highest BCUT2D eigenvalue weighted by molar-refractivity contribution is 5.11. The minimum absolute atomic E-state index is 0.367. The lowest BCUT2D eigenvalue weighted by molar-refractivity contribution is -0.762. The zero-order valence-electron chi connectivity index (χ0n) is 13.0. The Balaban J connectivity index is 1.37. The second kappa shape index (κ2) is 9.01. The molecule has 0 saturated heterocycles. The van der Waals surface area contributed by atoms with Crippen molar-refractivity contribution in [3.63, 3.8) is 0 Å². The van der Waals surface area contributed by atoms with Crippen LogP contribution in [0.3, 0.4) is 0 Å². The zero-order chi connectivity index (χ0) is 15.6. The first kappa shape index (κ1) is 16.3. The molecule has 2 aromatic heterocycles. The largest absolute Gasteiger partial charge is 0.362 e. The smallest absolute Gasteiger partial charge is 0.293 e. The third-order valence-electron chi connectivity index (χ3n) is 3.58. The van der Waals surface area contributed by atoms with E-state index in [1.165, 1.54) is 38.5 Å². The Hall–Kier alpha value is -2.12. The lowest BCUT2D eigenvalue weighted by Crippen LogP contribution is -2.34. The second-order valence-corrected chi connectivity index (χ2v) is 5.56. The number of unbranched alkanes of at least 4 members (excludes halogenated alkanes) is 7.